The van der Waals surface area contributed by atoms with Crippen LogP contribution in [0.3, 0.4) is 0 Å². The summed E-state index contributed by atoms with van der Waals surface area (Å²) in [6.45, 7) is 11.5. The number of rotatable bonds is 5. The number of nitrogens with zero attached hydrogens (tertiary/aromatic N) is 1. The summed E-state index contributed by atoms with van der Waals surface area (Å²) >= 11 is 1.34. The average molecular weight is 342 g/mol. The molecule has 0 saturated carbocycles. The largest absolute Gasteiger partial charge is 0.444 e. The fraction of sp³-hybridized carbons (Fsp3) is 0.667. The molecular formula is C15H26N4O3S. The van der Waals surface area contributed by atoms with Crippen LogP contribution < -0.4 is 16.0 Å². The number of nitrogens with one attached hydrogen (secondary N) is 3. The van der Waals surface area contributed by atoms with Crippen molar-refractivity contribution < 1.29 is 14.3 Å². The Morgan fingerprint density at radius 2 is 1.96 bits per heavy atom. The molecule has 1 rings (SSSR count). The minimum atomic E-state index is -0.627. The second-order valence-corrected chi connectivity index (χ2v) is 7.74. The number of hydrogen-bond donors (Lipinski definition) is 3. The van der Waals surface area contributed by atoms with E-state index in [4.69, 9.17) is 4.74 Å². The number of anilines is 1. The molecule has 3 amide bonds. The lowest BCUT2D eigenvalue weighted by molar-refractivity contribution is 0.0505. The highest BCUT2D eigenvalue weighted by molar-refractivity contribution is 7.13. The van der Waals surface area contributed by atoms with Gasteiger partial charge in [0.25, 0.3) is 0 Å². The SMILES string of the molecule is CC(C)[C@](C)(CNC(=O)OC(C)(C)C)NC(=O)Nc1nccs1. The fourth-order valence-electron chi connectivity index (χ4n) is 1.64. The number of thiazole rings is 1. The molecule has 1 heterocycles. The summed E-state index contributed by atoms with van der Waals surface area (Å²) in [5, 5.41) is 10.6. The predicted molar refractivity (Wildman–Crippen MR) is 91.7 cm³/mol. The maximum Gasteiger partial charge on any atom is 0.407 e. The van der Waals surface area contributed by atoms with Gasteiger partial charge in [-0.15, -0.1) is 11.3 Å². The number of ether oxygens (including phenoxy) is 1. The van der Waals surface area contributed by atoms with Gasteiger partial charge in [0.15, 0.2) is 5.13 Å². The van der Waals surface area contributed by atoms with Crippen molar-refractivity contribution >= 4 is 28.6 Å². The summed E-state index contributed by atoms with van der Waals surface area (Å²) in [5.41, 5.74) is -1.19. The summed E-state index contributed by atoms with van der Waals surface area (Å²) in [7, 11) is 0. The molecule has 0 aromatic carbocycles. The summed E-state index contributed by atoms with van der Waals surface area (Å²) in [6, 6.07) is -0.359. The highest BCUT2D eigenvalue weighted by Gasteiger charge is 2.31. The molecule has 0 fully saturated rings. The van der Waals surface area contributed by atoms with E-state index in [1.807, 2.05) is 20.8 Å². The van der Waals surface area contributed by atoms with Crippen molar-refractivity contribution in [3.63, 3.8) is 0 Å². The molecule has 130 valence electrons. The Morgan fingerprint density at radius 1 is 1.30 bits per heavy atom. The monoisotopic (exact) mass is 342 g/mol. The fourth-order valence-corrected chi connectivity index (χ4v) is 2.16. The molecule has 3 N–H and O–H groups in total. The quantitative estimate of drug-likeness (QED) is 0.766. The van der Waals surface area contributed by atoms with E-state index in [-0.39, 0.29) is 18.5 Å². The standard InChI is InChI=1S/C15H26N4O3S/c1-10(2)15(6,9-17-13(21)22-14(3,4)5)19-11(20)18-12-16-7-8-23-12/h7-8,10H,9H2,1-6H3,(H,17,21)(H2,16,18,19,20)/t15-/m0/s1. The molecular weight excluding hydrogens is 316 g/mol. The zero-order valence-corrected chi connectivity index (χ0v) is 15.3. The molecule has 0 aliphatic rings. The third kappa shape index (κ3) is 6.85. The van der Waals surface area contributed by atoms with Crippen LogP contribution in [0, 0.1) is 5.92 Å². The minimum absolute atomic E-state index is 0.0967. The second-order valence-electron chi connectivity index (χ2n) is 6.84. The van der Waals surface area contributed by atoms with Crippen LogP contribution in [-0.4, -0.2) is 34.8 Å². The van der Waals surface area contributed by atoms with Crippen LogP contribution in [0.2, 0.25) is 0 Å². The van der Waals surface area contributed by atoms with Gasteiger partial charge >= 0.3 is 12.1 Å². The number of aromatic nitrogens is 1. The van der Waals surface area contributed by atoms with E-state index in [2.05, 4.69) is 20.9 Å². The van der Waals surface area contributed by atoms with Crippen molar-refractivity contribution in [1.82, 2.24) is 15.6 Å². The number of hydrogen-bond acceptors (Lipinski definition) is 5. The van der Waals surface area contributed by atoms with Crippen LogP contribution in [-0.2, 0) is 4.74 Å². The van der Waals surface area contributed by atoms with Crippen LogP contribution >= 0.6 is 11.3 Å². The second kappa shape index (κ2) is 7.63. The van der Waals surface area contributed by atoms with E-state index in [0.717, 1.165) is 0 Å². The van der Waals surface area contributed by atoms with E-state index in [0.29, 0.717) is 5.13 Å². The Kier molecular flexibility index (Phi) is 6.37. The van der Waals surface area contributed by atoms with Crippen molar-refractivity contribution in [3.05, 3.63) is 11.6 Å². The van der Waals surface area contributed by atoms with Crippen molar-refractivity contribution in [2.75, 3.05) is 11.9 Å². The van der Waals surface area contributed by atoms with Gasteiger partial charge in [-0.05, 0) is 33.6 Å². The van der Waals surface area contributed by atoms with E-state index in [1.54, 1.807) is 32.3 Å². The maximum atomic E-state index is 12.1. The van der Waals surface area contributed by atoms with Crippen LogP contribution in [0.5, 0.6) is 0 Å². The van der Waals surface area contributed by atoms with E-state index < -0.39 is 17.2 Å². The third-order valence-electron chi connectivity index (χ3n) is 3.32. The van der Waals surface area contributed by atoms with Crippen LogP contribution in [0.4, 0.5) is 14.7 Å². The van der Waals surface area contributed by atoms with Gasteiger partial charge in [-0.25, -0.2) is 14.6 Å². The predicted octanol–water partition coefficient (Wildman–Crippen LogP) is 3.20. The first kappa shape index (κ1) is 19.2. The third-order valence-corrected chi connectivity index (χ3v) is 4.01. The van der Waals surface area contributed by atoms with Gasteiger partial charge in [0.1, 0.15) is 5.60 Å². The molecule has 0 unspecified atom stereocenters. The van der Waals surface area contributed by atoms with Gasteiger partial charge in [0, 0.05) is 18.1 Å². The van der Waals surface area contributed by atoms with Gasteiger partial charge < -0.3 is 15.4 Å². The molecule has 23 heavy (non-hydrogen) atoms. The van der Waals surface area contributed by atoms with Crippen LogP contribution in [0.15, 0.2) is 11.6 Å². The number of alkyl carbamates (subject to hydrolysis) is 1. The molecule has 8 heteroatoms. The molecule has 1 aromatic heterocycles. The number of amides is 3. The zero-order valence-electron chi connectivity index (χ0n) is 14.5. The first-order chi connectivity index (χ1) is 10.5. The summed E-state index contributed by atoms with van der Waals surface area (Å²) < 4.78 is 5.22. The number of carbonyl (C=O) groups is 2. The number of carbonyl (C=O) groups excluding carboxylic acids is 2. The van der Waals surface area contributed by atoms with Gasteiger partial charge in [0.05, 0.1) is 5.54 Å². The van der Waals surface area contributed by atoms with Gasteiger partial charge in [-0.1, -0.05) is 13.8 Å². The Balaban J connectivity index is 2.60. The summed E-state index contributed by atoms with van der Waals surface area (Å²) in [4.78, 5) is 27.9. The van der Waals surface area contributed by atoms with Crippen molar-refractivity contribution in [1.29, 1.82) is 0 Å². The first-order valence-corrected chi connectivity index (χ1v) is 8.35. The smallest absolute Gasteiger partial charge is 0.407 e. The Labute approximate surface area is 141 Å². The van der Waals surface area contributed by atoms with Gasteiger partial charge in [0.2, 0.25) is 0 Å². The Bertz CT molecular complexity index is 525. The van der Waals surface area contributed by atoms with Crippen molar-refractivity contribution in [3.8, 4) is 0 Å². The van der Waals surface area contributed by atoms with E-state index in [1.165, 1.54) is 11.3 Å². The molecule has 0 aliphatic heterocycles. The lowest BCUT2D eigenvalue weighted by atomic mass is 9.88. The summed E-state index contributed by atoms with van der Waals surface area (Å²) in [5.74, 6) is 0.0967. The van der Waals surface area contributed by atoms with E-state index in [9.17, 15) is 9.59 Å². The highest BCUT2D eigenvalue weighted by Crippen LogP contribution is 2.17. The lowest BCUT2D eigenvalue weighted by Crippen LogP contribution is -2.58. The highest BCUT2D eigenvalue weighted by atomic mass is 32.1. The van der Waals surface area contributed by atoms with Crippen molar-refractivity contribution in [2.24, 2.45) is 5.92 Å². The molecule has 0 bridgehead atoms. The molecule has 1 atom stereocenters. The van der Waals surface area contributed by atoms with Gasteiger partial charge in [-0.2, -0.15) is 0 Å². The normalized spacial score (nSPS) is 14.0. The molecule has 1 aromatic rings. The topological polar surface area (TPSA) is 92.4 Å². The molecule has 0 radical (unpaired) electrons. The zero-order chi connectivity index (χ0) is 17.7. The Hall–Kier alpha value is -1.83. The molecule has 0 saturated heterocycles. The van der Waals surface area contributed by atoms with Crippen LogP contribution in [0.1, 0.15) is 41.5 Å². The summed E-state index contributed by atoms with van der Waals surface area (Å²) in [6.07, 6.45) is 1.11. The Morgan fingerprint density at radius 3 is 2.43 bits per heavy atom. The first-order valence-electron chi connectivity index (χ1n) is 7.47. The maximum absolute atomic E-state index is 12.1. The molecule has 0 spiro atoms. The molecule has 0 aliphatic carbocycles. The average Bonchev–Trinajstić information content (AvgIpc) is 2.86. The minimum Gasteiger partial charge on any atom is -0.444 e. The van der Waals surface area contributed by atoms with Gasteiger partial charge in [-0.3, -0.25) is 5.32 Å². The van der Waals surface area contributed by atoms with Crippen LogP contribution in [0.25, 0.3) is 0 Å². The molecule has 7 nitrogen and oxygen atoms in total. The lowest BCUT2D eigenvalue weighted by Gasteiger charge is -2.35. The number of urea groups is 1. The van der Waals surface area contributed by atoms with Crippen molar-refractivity contribution in [2.45, 2.75) is 52.7 Å². The van der Waals surface area contributed by atoms with E-state index >= 15 is 0 Å².